The van der Waals surface area contributed by atoms with Crippen molar-refractivity contribution >= 4 is 5.82 Å². The minimum Gasteiger partial charge on any atom is -0.356 e. The fourth-order valence-electron chi connectivity index (χ4n) is 2.50. The van der Waals surface area contributed by atoms with E-state index in [0.717, 1.165) is 24.5 Å². The molecule has 1 aliphatic rings. The van der Waals surface area contributed by atoms with E-state index in [1.54, 1.807) is 0 Å². The summed E-state index contributed by atoms with van der Waals surface area (Å²) in [7, 11) is 0. The van der Waals surface area contributed by atoms with Gasteiger partial charge >= 0.3 is 0 Å². The van der Waals surface area contributed by atoms with Crippen LogP contribution in [-0.4, -0.2) is 28.2 Å². The van der Waals surface area contributed by atoms with E-state index in [-0.39, 0.29) is 0 Å². The van der Waals surface area contributed by atoms with Crippen LogP contribution in [0, 0.1) is 6.92 Å². The number of aryl methyl sites for hydroxylation is 1. The summed E-state index contributed by atoms with van der Waals surface area (Å²) in [5, 5.41) is 3.87. The zero-order chi connectivity index (χ0) is 13.1. The second kappa shape index (κ2) is 5.38. The molecule has 0 amide bonds. The summed E-state index contributed by atoms with van der Waals surface area (Å²) in [6.45, 7) is 3.93. The van der Waals surface area contributed by atoms with E-state index in [1.165, 1.54) is 25.7 Å². The third kappa shape index (κ3) is 2.59. The maximum atomic E-state index is 5.29. The van der Waals surface area contributed by atoms with Crippen molar-refractivity contribution in [2.75, 3.05) is 18.0 Å². The summed E-state index contributed by atoms with van der Waals surface area (Å²) >= 11 is 0. The lowest BCUT2D eigenvalue weighted by Gasteiger charge is -2.22. The SMILES string of the molecule is Cc1noc(-c2cccnc2N2CCCCCC2)n1. The Morgan fingerprint density at radius 3 is 2.63 bits per heavy atom. The zero-order valence-corrected chi connectivity index (χ0v) is 11.2. The van der Waals surface area contributed by atoms with Gasteiger partial charge in [-0.15, -0.1) is 0 Å². The fourth-order valence-corrected chi connectivity index (χ4v) is 2.50. The number of anilines is 1. The molecule has 5 nitrogen and oxygen atoms in total. The molecule has 1 aliphatic heterocycles. The summed E-state index contributed by atoms with van der Waals surface area (Å²) in [4.78, 5) is 11.2. The van der Waals surface area contributed by atoms with Crippen molar-refractivity contribution in [3.05, 3.63) is 24.2 Å². The van der Waals surface area contributed by atoms with E-state index in [2.05, 4.69) is 20.0 Å². The van der Waals surface area contributed by atoms with Crippen molar-refractivity contribution in [3.63, 3.8) is 0 Å². The quantitative estimate of drug-likeness (QED) is 0.829. The highest BCUT2D eigenvalue weighted by Crippen LogP contribution is 2.28. The van der Waals surface area contributed by atoms with Crippen molar-refractivity contribution < 1.29 is 4.52 Å². The first-order valence-electron chi connectivity index (χ1n) is 6.85. The molecule has 0 unspecified atom stereocenters. The highest BCUT2D eigenvalue weighted by Gasteiger charge is 2.18. The molecule has 0 N–H and O–H groups in total. The molecule has 0 spiro atoms. The molecule has 0 aromatic carbocycles. The Bertz CT molecular complexity index is 544. The zero-order valence-electron chi connectivity index (χ0n) is 11.2. The van der Waals surface area contributed by atoms with Crippen LogP contribution in [0.25, 0.3) is 11.5 Å². The third-order valence-electron chi connectivity index (χ3n) is 3.45. The second-order valence-electron chi connectivity index (χ2n) is 4.92. The van der Waals surface area contributed by atoms with Gasteiger partial charge in [-0.05, 0) is 31.9 Å². The van der Waals surface area contributed by atoms with Gasteiger partial charge in [-0.3, -0.25) is 0 Å². The molecule has 0 radical (unpaired) electrons. The molecule has 1 saturated heterocycles. The van der Waals surface area contributed by atoms with Gasteiger partial charge in [-0.2, -0.15) is 4.98 Å². The largest absolute Gasteiger partial charge is 0.356 e. The van der Waals surface area contributed by atoms with Gasteiger partial charge in [0.2, 0.25) is 0 Å². The van der Waals surface area contributed by atoms with Crippen LogP contribution >= 0.6 is 0 Å². The number of rotatable bonds is 2. The van der Waals surface area contributed by atoms with Gasteiger partial charge in [-0.25, -0.2) is 4.98 Å². The van der Waals surface area contributed by atoms with E-state index in [9.17, 15) is 0 Å². The minimum atomic E-state index is 0.560. The number of nitrogens with zero attached hydrogens (tertiary/aromatic N) is 4. The Kier molecular flexibility index (Phi) is 3.44. The minimum absolute atomic E-state index is 0.560. The number of hydrogen-bond acceptors (Lipinski definition) is 5. The molecular formula is C14H18N4O. The first-order valence-corrected chi connectivity index (χ1v) is 6.85. The first kappa shape index (κ1) is 12.1. The molecule has 0 bridgehead atoms. The summed E-state index contributed by atoms with van der Waals surface area (Å²) in [6.07, 6.45) is 6.88. The molecule has 0 atom stereocenters. The molecule has 2 aromatic rings. The summed E-state index contributed by atoms with van der Waals surface area (Å²) in [5.41, 5.74) is 0.935. The Hall–Kier alpha value is -1.91. The van der Waals surface area contributed by atoms with Gasteiger partial charge in [-0.1, -0.05) is 18.0 Å². The lowest BCUT2D eigenvalue weighted by molar-refractivity contribution is 0.425. The van der Waals surface area contributed by atoms with E-state index in [4.69, 9.17) is 4.52 Å². The van der Waals surface area contributed by atoms with Gasteiger partial charge < -0.3 is 9.42 Å². The van der Waals surface area contributed by atoms with Gasteiger partial charge in [0.15, 0.2) is 5.82 Å². The summed E-state index contributed by atoms with van der Waals surface area (Å²) < 4.78 is 5.29. The average molecular weight is 258 g/mol. The van der Waals surface area contributed by atoms with Crippen molar-refractivity contribution in [1.82, 2.24) is 15.1 Å². The number of pyridine rings is 1. The van der Waals surface area contributed by atoms with Gasteiger partial charge in [0.1, 0.15) is 5.82 Å². The third-order valence-corrected chi connectivity index (χ3v) is 3.45. The molecular weight excluding hydrogens is 240 g/mol. The smallest absolute Gasteiger partial charge is 0.261 e. The van der Waals surface area contributed by atoms with E-state index < -0.39 is 0 Å². The van der Waals surface area contributed by atoms with E-state index in [0.29, 0.717) is 11.7 Å². The predicted octanol–water partition coefficient (Wildman–Crippen LogP) is 2.82. The lowest BCUT2D eigenvalue weighted by atomic mass is 10.2. The van der Waals surface area contributed by atoms with Crippen LogP contribution in [0.15, 0.2) is 22.9 Å². The van der Waals surface area contributed by atoms with Crippen LogP contribution < -0.4 is 4.90 Å². The van der Waals surface area contributed by atoms with Gasteiger partial charge in [0.25, 0.3) is 5.89 Å². The Morgan fingerprint density at radius 1 is 1.16 bits per heavy atom. The maximum absolute atomic E-state index is 5.29. The Balaban J connectivity index is 1.96. The van der Waals surface area contributed by atoms with Crippen molar-refractivity contribution in [1.29, 1.82) is 0 Å². The monoisotopic (exact) mass is 258 g/mol. The lowest BCUT2D eigenvalue weighted by Crippen LogP contribution is -2.25. The summed E-state index contributed by atoms with van der Waals surface area (Å²) in [6, 6.07) is 3.91. The van der Waals surface area contributed by atoms with E-state index in [1.807, 2.05) is 25.3 Å². The van der Waals surface area contributed by atoms with Crippen molar-refractivity contribution in [2.45, 2.75) is 32.6 Å². The molecule has 5 heteroatoms. The van der Waals surface area contributed by atoms with Crippen LogP contribution in [-0.2, 0) is 0 Å². The van der Waals surface area contributed by atoms with Crippen LogP contribution in [0.3, 0.4) is 0 Å². The topological polar surface area (TPSA) is 55.1 Å². The molecule has 1 fully saturated rings. The normalized spacial score (nSPS) is 16.4. The van der Waals surface area contributed by atoms with Crippen LogP contribution in [0.1, 0.15) is 31.5 Å². The van der Waals surface area contributed by atoms with Crippen LogP contribution in [0.4, 0.5) is 5.82 Å². The van der Waals surface area contributed by atoms with Gasteiger partial charge in [0, 0.05) is 19.3 Å². The molecule has 3 heterocycles. The maximum Gasteiger partial charge on any atom is 0.261 e. The van der Waals surface area contributed by atoms with Crippen LogP contribution in [0.2, 0.25) is 0 Å². The Labute approximate surface area is 112 Å². The average Bonchev–Trinajstić information content (AvgIpc) is 2.71. The highest BCUT2D eigenvalue weighted by molar-refractivity contribution is 5.69. The van der Waals surface area contributed by atoms with E-state index >= 15 is 0 Å². The van der Waals surface area contributed by atoms with Crippen molar-refractivity contribution in [2.24, 2.45) is 0 Å². The fraction of sp³-hybridized carbons (Fsp3) is 0.500. The second-order valence-corrected chi connectivity index (χ2v) is 4.92. The van der Waals surface area contributed by atoms with Crippen LogP contribution in [0.5, 0.6) is 0 Å². The standard InChI is InChI=1S/C14H18N4O/c1-11-16-14(19-17-11)12-7-6-8-15-13(12)18-9-4-2-3-5-10-18/h6-8H,2-5,9-10H2,1H3. The number of aromatic nitrogens is 3. The summed E-state index contributed by atoms with van der Waals surface area (Å²) in [5.74, 6) is 2.18. The molecule has 2 aromatic heterocycles. The first-order chi connectivity index (χ1) is 9.34. The number of hydrogen-bond donors (Lipinski definition) is 0. The molecule has 100 valence electrons. The molecule has 3 rings (SSSR count). The predicted molar refractivity (Wildman–Crippen MR) is 72.9 cm³/mol. The Morgan fingerprint density at radius 2 is 1.95 bits per heavy atom. The van der Waals surface area contributed by atoms with Gasteiger partial charge in [0.05, 0.1) is 5.56 Å². The van der Waals surface area contributed by atoms with Crippen molar-refractivity contribution in [3.8, 4) is 11.5 Å². The highest BCUT2D eigenvalue weighted by atomic mass is 16.5. The molecule has 19 heavy (non-hydrogen) atoms. The molecule has 0 aliphatic carbocycles. The molecule has 0 saturated carbocycles.